The van der Waals surface area contributed by atoms with Crippen molar-refractivity contribution in [3.63, 3.8) is 0 Å². The van der Waals surface area contributed by atoms with Crippen molar-refractivity contribution in [3.8, 4) is 5.75 Å². The van der Waals surface area contributed by atoms with Crippen LogP contribution in [-0.2, 0) is 0 Å². The van der Waals surface area contributed by atoms with Crippen LogP contribution in [-0.4, -0.2) is 6.11 Å². The highest BCUT2D eigenvalue weighted by molar-refractivity contribution is 5.34. The maximum atomic E-state index is 14.3. The first kappa shape index (κ1) is 24.0. The fourth-order valence-electron chi connectivity index (χ4n) is 5.49. The Morgan fingerprint density at radius 2 is 1.45 bits per heavy atom. The van der Waals surface area contributed by atoms with Crippen molar-refractivity contribution in [3.05, 3.63) is 41.5 Å². The Balaban J connectivity index is 1.59. The molecule has 1 aromatic rings. The van der Waals surface area contributed by atoms with Gasteiger partial charge in [0.1, 0.15) is 0 Å². The monoisotopic (exact) mass is 448 g/mol. The first-order chi connectivity index (χ1) is 14.7. The summed E-state index contributed by atoms with van der Waals surface area (Å²) in [6.07, 6.45) is 3.25. The van der Waals surface area contributed by atoms with E-state index >= 15 is 0 Å². The van der Waals surface area contributed by atoms with Gasteiger partial charge in [0.2, 0.25) is 0 Å². The van der Waals surface area contributed by atoms with Gasteiger partial charge in [0, 0.05) is 0 Å². The molecule has 2 aliphatic rings. The van der Waals surface area contributed by atoms with Gasteiger partial charge in [-0.2, -0.15) is 17.6 Å². The van der Waals surface area contributed by atoms with Crippen LogP contribution in [0.2, 0.25) is 0 Å². The third-order valence-corrected chi connectivity index (χ3v) is 7.03. The van der Waals surface area contributed by atoms with E-state index < -0.39 is 35.6 Å². The Hall–Kier alpha value is -1.66. The second-order valence-corrected chi connectivity index (χ2v) is 9.09. The number of alkyl halides is 2. The van der Waals surface area contributed by atoms with Crippen LogP contribution >= 0.6 is 0 Å². The standard InChI is InChI=1S/C24H30F6O/c1-2-3-15-4-6-16(7-5-15)17-8-10-18(11-9-17)19-12-20(25)23(21(26)13-19)31-24(29,30)14-22(27)28/h12-18H,2-11H2,1H3. The van der Waals surface area contributed by atoms with Gasteiger partial charge >= 0.3 is 6.11 Å². The lowest BCUT2D eigenvalue weighted by Gasteiger charge is -2.38. The lowest BCUT2D eigenvalue weighted by molar-refractivity contribution is -0.137. The van der Waals surface area contributed by atoms with Crippen LogP contribution in [0.25, 0.3) is 0 Å². The molecular weight excluding hydrogens is 418 g/mol. The van der Waals surface area contributed by atoms with Crippen molar-refractivity contribution < 1.29 is 31.1 Å². The molecule has 0 N–H and O–H groups in total. The second kappa shape index (κ2) is 10.3. The summed E-state index contributed by atoms with van der Waals surface area (Å²) in [5.41, 5.74) is 0.406. The number of benzene rings is 1. The van der Waals surface area contributed by atoms with Crippen LogP contribution < -0.4 is 4.74 Å². The number of rotatable bonds is 7. The molecule has 0 amide bonds. The van der Waals surface area contributed by atoms with E-state index in [-0.39, 0.29) is 5.92 Å². The molecule has 0 bridgehead atoms. The molecule has 2 aliphatic carbocycles. The molecular formula is C24H30F6O. The van der Waals surface area contributed by atoms with E-state index in [2.05, 4.69) is 11.7 Å². The first-order valence-electron chi connectivity index (χ1n) is 11.3. The third kappa shape index (κ3) is 6.42. The summed E-state index contributed by atoms with van der Waals surface area (Å²) < 4.78 is 83.3. The smallest absolute Gasteiger partial charge is 0.423 e. The molecule has 0 spiro atoms. The highest BCUT2D eigenvalue weighted by atomic mass is 19.3. The van der Waals surface area contributed by atoms with Crippen LogP contribution in [0, 0.1) is 29.4 Å². The number of halogens is 6. The maximum Gasteiger partial charge on any atom is 0.425 e. The number of ether oxygens (including phenoxy) is 1. The Bertz CT molecular complexity index is 734. The zero-order valence-electron chi connectivity index (χ0n) is 17.8. The Morgan fingerprint density at radius 1 is 0.935 bits per heavy atom. The van der Waals surface area contributed by atoms with Gasteiger partial charge in [-0.15, -0.1) is 0 Å². The van der Waals surface area contributed by atoms with Crippen molar-refractivity contribution in [2.24, 2.45) is 17.8 Å². The van der Waals surface area contributed by atoms with E-state index in [4.69, 9.17) is 0 Å². The van der Waals surface area contributed by atoms with Crippen molar-refractivity contribution in [1.82, 2.24) is 0 Å². The minimum Gasteiger partial charge on any atom is -0.423 e. The van der Waals surface area contributed by atoms with Gasteiger partial charge in [0.15, 0.2) is 17.4 Å². The fraction of sp³-hybridized carbons (Fsp3) is 0.667. The minimum atomic E-state index is -4.50. The summed E-state index contributed by atoms with van der Waals surface area (Å²) in [6, 6.07) is 1.98. The topological polar surface area (TPSA) is 9.23 Å². The predicted molar refractivity (Wildman–Crippen MR) is 107 cm³/mol. The van der Waals surface area contributed by atoms with E-state index in [0.29, 0.717) is 11.5 Å². The highest BCUT2D eigenvalue weighted by Crippen LogP contribution is 2.45. The second-order valence-electron chi connectivity index (χ2n) is 9.09. The van der Waals surface area contributed by atoms with Crippen LogP contribution in [0.3, 0.4) is 0 Å². The van der Waals surface area contributed by atoms with Crippen LogP contribution in [0.1, 0.15) is 82.6 Å². The molecule has 174 valence electrons. The Kier molecular flexibility index (Phi) is 7.98. The molecule has 0 radical (unpaired) electrons. The van der Waals surface area contributed by atoms with Crippen molar-refractivity contribution in [1.29, 1.82) is 0 Å². The molecule has 0 aromatic heterocycles. The van der Waals surface area contributed by atoms with Gasteiger partial charge < -0.3 is 4.74 Å². The van der Waals surface area contributed by atoms with Gasteiger partial charge in [-0.25, -0.2) is 8.78 Å². The molecule has 3 rings (SSSR count). The highest BCUT2D eigenvalue weighted by Gasteiger charge is 2.35. The van der Waals surface area contributed by atoms with E-state index in [9.17, 15) is 26.3 Å². The molecule has 2 saturated carbocycles. The number of hydrogen-bond acceptors (Lipinski definition) is 1. The SMILES string of the molecule is CCCC1CCC(C2CCC(c3cc(F)c(OC(F)(F)C=C(F)F)c(F)c3)CC2)CC1. The third-order valence-electron chi connectivity index (χ3n) is 7.03. The van der Waals surface area contributed by atoms with Gasteiger partial charge in [-0.3, -0.25) is 0 Å². The molecule has 7 heteroatoms. The number of hydrogen-bond donors (Lipinski definition) is 0. The quantitative estimate of drug-likeness (QED) is 0.380. The van der Waals surface area contributed by atoms with Crippen LogP contribution in [0.5, 0.6) is 5.75 Å². The molecule has 31 heavy (non-hydrogen) atoms. The minimum absolute atomic E-state index is 0.0468. The summed E-state index contributed by atoms with van der Waals surface area (Å²) >= 11 is 0. The average Bonchev–Trinajstić information content (AvgIpc) is 2.71. The molecule has 2 fully saturated rings. The fourth-order valence-corrected chi connectivity index (χ4v) is 5.49. The zero-order valence-corrected chi connectivity index (χ0v) is 17.8. The van der Waals surface area contributed by atoms with E-state index in [1.165, 1.54) is 38.5 Å². The van der Waals surface area contributed by atoms with Crippen molar-refractivity contribution >= 4 is 0 Å². The van der Waals surface area contributed by atoms with Crippen LogP contribution in [0.4, 0.5) is 26.3 Å². The summed E-state index contributed by atoms with van der Waals surface area (Å²) in [5.74, 6) is -1.79. The first-order valence-corrected chi connectivity index (χ1v) is 11.3. The molecule has 1 aromatic carbocycles. The largest absolute Gasteiger partial charge is 0.425 e. The van der Waals surface area contributed by atoms with E-state index in [0.717, 1.165) is 49.7 Å². The van der Waals surface area contributed by atoms with Gasteiger partial charge in [0.05, 0.1) is 6.08 Å². The van der Waals surface area contributed by atoms with E-state index in [1.807, 2.05) is 0 Å². The summed E-state index contributed by atoms with van der Waals surface area (Å²) in [4.78, 5) is 0. The van der Waals surface area contributed by atoms with Crippen molar-refractivity contribution in [2.75, 3.05) is 0 Å². The average molecular weight is 448 g/mol. The Morgan fingerprint density at radius 3 is 1.94 bits per heavy atom. The summed E-state index contributed by atoms with van der Waals surface area (Å²) in [7, 11) is 0. The van der Waals surface area contributed by atoms with E-state index in [1.54, 1.807) is 0 Å². The van der Waals surface area contributed by atoms with Crippen LogP contribution in [0.15, 0.2) is 24.3 Å². The zero-order chi connectivity index (χ0) is 22.6. The summed E-state index contributed by atoms with van der Waals surface area (Å²) in [5, 5.41) is 0. The normalized spacial score (nSPS) is 27.1. The maximum absolute atomic E-state index is 14.3. The summed E-state index contributed by atoms with van der Waals surface area (Å²) in [6.45, 7) is 2.23. The molecule has 0 unspecified atom stereocenters. The predicted octanol–water partition coefficient (Wildman–Crippen LogP) is 8.60. The molecule has 0 aliphatic heterocycles. The van der Waals surface area contributed by atoms with Crippen molar-refractivity contribution in [2.45, 2.75) is 83.2 Å². The molecule has 0 heterocycles. The Labute approximate surface area is 179 Å². The molecule has 1 nitrogen and oxygen atoms in total. The van der Waals surface area contributed by atoms with Gasteiger partial charge in [-0.05, 0) is 79.9 Å². The molecule has 0 saturated heterocycles. The van der Waals surface area contributed by atoms with Gasteiger partial charge in [-0.1, -0.05) is 32.6 Å². The lowest BCUT2D eigenvalue weighted by atomic mass is 9.68. The van der Waals surface area contributed by atoms with Gasteiger partial charge in [0.25, 0.3) is 6.08 Å². The molecule has 0 atom stereocenters. The lowest BCUT2D eigenvalue weighted by Crippen LogP contribution is -2.25.